The van der Waals surface area contributed by atoms with Gasteiger partial charge in [-0.1, -0.05) is 25.4 Å². The number of hydrogen-bond acceptors (Lipinski definition) is 5. The molecule has 0 saturated heterocycles. The van der Waals surface area contributed by atoms with Gasteiger partial charge in [-0.05, 0) is 18.4 Å². The molecule has 6 nitrogen and oxygen atoms in total. The first kappa shape index (κ1) is 16.9. The van der Waals surface area contributed by atoms with E-state index in [1.165, 1.54) is 19.4 Å². The van der Waals surface area contributed by atoms with Gasteiger partial charge in [0, 0.05) is 12.4 Å². The third kappa shape index (κ3) is 4.43. The molecule has 0 saturated carbocycles. The second-order valence-corrected chi connectivity index (χ2v) is 6.72. The van der Waals surface area contributed by atoms with E-state index in [-0.39, 0.29) is 15.8 Å². The van der Waals surface area contributed by atoms with Gasteiger partial charge in [0.1, 0.15) is 10.9 Å². The predicted octanol–water partition coefficient (Wildman–Crippen LogP) is 1.60. The molecule has 1 aromatic rings. The number of aromatic nitrogens is 1. The van der Waals surface area contributed by atoms with E-state index in [2.05, 4.69) is 14.4 Å². The number of nitrogens with one attached hydrogen (secondary N) is 1. The molecule has 1 aromatic heterocycles. The molecule has 0 aromatic carbocycles. The van der Waals surface area contributed by atoms with Crippen molar-refractivity contribution in [2.75, 3.05) is 7.11 Å². The van der Waals surface area contributed by atoms with Gasteiger partial charge in [0.15, 0.2) is 0 Å². The molecule has 0 amide bonds. The monoisotopic (exact) mass is 320 g/mol. The molecule has 20 heavy (non-hydrogen) atoms. The Morgan fingerprint density at radius 2 is 2.15 bits per heavy atom. The molecule has 1 rings (SSSR count). The number of halogens is 1. The van der Waals surface area contributed by atoms with Crippen LogP contribution < -0.4 is 4.72 Å². The van der Waals surface area contributed by atoms with Crippen LogP contribution in [-0.2, 0) is 19.6 Å². The van der Waals surface area contributed by atoms with Crippen molar-refractivity contribution in [3.8, 4) is 0 Å². The zero-order valence-corrected chi connectivity index (χ0v) is 13.0. The normalized spacial score (nSPS) is 13.2. The number of rotatable bonds is 6. The molecule has 0 aliphatic heterocycles. The van der Waals surface area contributed by atoms with Crippen molar-refractivity contribution < 1.29 is 17.9 Å². The molecule has 0 radical (unpaired) electrons. The number of carbonyl (C=O) groups is 1. The molecule has 0 bridgehead atoms. The lowest BCUT2D eigenvalue weighted by atomic mass is 10.1. The van der Waals surface area contributed by atoms with E-state index in [1.807, 2.05) is 13.8 Å². The highest BCUT2D eigenvalue weighted by molar-refractivity contribution is 7.89. The summed E-state index contributed by atoms with van der Waals surface area (Å²) in [5.74, 6) is -0.520. The minimum Gasteiger partial charge on any atom is -0.468 e. The standard InChI is InChI=1S/C12H17ClN2O4S/c1-8(2)6-10(12(16)19-3)15-20(17,18)11-7-14-5-4-9(11)13/h4-5,7-8,10,15H,6H2,1-3H3. The van der Waals surface area contributed by atoms with Crippen molar-refractivity contribution in [2.24, 2.45) is 5.92 Å². The zero-order valence-electron chi connectivity index (χ0n) is 11.5. The fraction of sp³-hybridized carbons (Fsp3) is 0.500. The minimum atomic E-state index is -3.94. The van der Waals surface area contributed by atoms with Crippen LogP contribution in [0.15, 0.2) is 23.4 Å². The van der Waals surface area contributed by atoms with E-state index in [0.29, 0.717) is 6.42 Å². The third-order valence-electron chi connectivity index (χ3n) is 2.51. The molecule has 1 unspecified atom stereocenters. The van der Waals surface area contributed by atoms with Gasteiger partial charge >= 0.3 is 5.97 Å². The third-order valence-corrected chi connectivity index (χ3v) is 4.45. The Morgan fingerprint density at radius 1 is 1.50 bits per heavy atom. The quantitative estimate of drug-likeness (QED) is 0.805. The fourth-order valence-electron chi connectivity index (χ4n) is 1.62. The number of carbonyl (C=O) groups excluding carboxylic acids is 1. The Morgan fingerprint density at radius 3 is 2.65 bits per heavy atom. The highest BCUT2D eigenvalue weighted by Gasteiger charge is 2.28. The van der Waals surface area contributed by atoms with Gasteiger partial charge in [-0.2, -0.15) is 4.72 Å². The summed E-state index contributed by atoms with van der Waals surface area (Å²) < 4.78 is 31.4. The maximum absolute atomic E-state index is 12.2. The molecule has 1 atom stereocenters. The van der Waals surface area contributed by atoms with Crippen LogP contribution >= 0.6 is 11.6 Å². The maximum atomic E-state index is 12.2. The van der Waals surface area contributed by atoms with E-state index >= 15 is 0 Å². The van der Waals surface area contributed by atoms with E-state index in [0.717, 1.165) is 6.20 Å². The first-order valence-electron chi connectivity index (χ1n) is 5.97. The van der Waals surface area contributed by atoms with Crippen molar-refractivity contribution in [3.63, 3.8) is 0 Å². The largest absolute Gasteiger partial charge is 0.468 e. The van der Waals surface area contributed by atoms with Gasteiger partial charge in [-0.15, -0.1) is 0 Å². The van der Waals surface area contributed by atoms with Crippen LogP contribution in [0, 0.1) is 5.92 Å². The summed E-state index contributed by atoms with van der Waals surface area (Å²) in [6.45, 7) is 3.75. The van der Waals surface area contributed by atoms with E-state index in [4.69, 9.17) is 11.6 Å². The van der Waals surface area contributed by atoms with Crippen LogP contribution in [0.4, 0.5) is 0 Å². The van der Waals surface area contributed by atoms with Crippen LogP contribution in [0.2, 0.25) is 5.02 Å². The maximum Gasteiger partial charge on any atom is 0.323 e. The first-order valence-corrected chi connectivity index (χ1v) is 7.83. The van der Waals surface area contributed by atoms with Gasteiger partial charge < -0.3 is 4.74 Å². The van der Waals surface area contributed by atoms with Crippen LogP contribution in [0.1, 0.15) is 20.3 Å². The zero-order chi connectivity index (χ0) is 15.3. The minimum absolute atomic E-state index is 0.0423. The summed E-state index contributed by atoms with van der Waals surface area (Å²) in [4.78, 5) is 15.2. The van der Waals surface area contributed by atoms with Crippen molar-refractivity contribution in [2.45, 2.75) is 31.2 Å². The number of nitrogens with zero attached hydrogens (tertiary/aromatic N) is 1. The highest BCUT2D eigenvalue weighted by Crippen LogP contribution is 2.20. The Bertz CT molecular complexity index is 575. The lowest BCUT2D eigenvalue weighted by Crippen LogP contribution is -2.42. The van der Waals surface area contributed by atoms with Gasteiger partial charge in [0.25, 0.3) is 0 Å². The molecule has 1 N–H and O–H groups in total. The summed E-state index contributed by atoms with van der Waals surface area (Å²) >= 11 is 5.84. The SMILES string of the molecule is COC(=O)C(CC(C)C)NS(=O)(=O)c1cnccc1Cl. The average Bonchev–Trinajstić information content (AvgIpc) is 2.36. The first-order chi connectivity index (χ1) is 9.27. The van der Waals surface area contributed by atoms with E-state index in [1.54, 1.807) is 0 Å². The van der Waals surface area contributed by atoms with Gasteiger partial charge in [0.2, 0.25) is 10.0 Å². The van der Waals surface area contributed by atoms with Crippen molar-refractivity contribution in [3.05, 3.63) is 23.5 Å². The lowest BCUT2D eigenvalue weighted by molar-refractivity contribution is -0.143. The summed E-state index contributed by atoms with van der Waals surface area (Å²) in [6, 6.07) is 0.410. The van der Waals surface area contributed by atoms with Gasteiger partial charge in [-0.25, -0.2) is 8.42 Å². The molecule has 0 spiro atoms. The van der Waals surface area contributed by atoms with Crippen LogP contribution in [0.5, 0.6) is 0 Å². The van der Waals surface area contributed by atoms with Crippen LogP contribution in [0.3, 0.4) is 0 Å². The van der Waals surface area contributed by atoms with Crippen molar-refractivity contribution >= 4 is 27.6 Å². The fourth-order valence-corrected chi connectivity index (χ4v) is 3.25. The molecular formula is C12H17ClN2O4S. The number of ether oxygens (including phenoxy) is 1. The average molecular weight is 321 g/mol. The van der Waals surface area contributed by atoms with Gasteiger partial charge in [0.05, 0.1) is 12.1 Å². The molecule has 0 aliphatic rings. The number of hydrogen-bond donors (Lipinski definition) is 1. The molecule has 112 valence electrons. The summed E-state index contributed by atoms with van der Waals surface area (Å²) in [6.07, 6.45) is 2.84. The highest BCUT2D eigenvalue weighted by atomic mass is 35.5. The molecule has 0 aliphatic carbocycles. The summed E-state index contributed by atoms with van der Waals surface area (Å²) in [5.41, 5.74) is 0. The van der Waals surface area contributed by atoms with Crippen molar-refractivity contribution in [1.82, 2.24) is 9.71 Å². The Hall–Kier alpha value is -1.18. The number of pyridine rings is 1. The van der Waals surface area contributed by atoms with Crippen LogP contribution in [-0.4, -0.2) is 32.5 Å². The second-order valence-electron chi connectivity index (χ2n) is 4.63. The topological polar surface area (TPSA) is 85.4 Å². The van der Waals surface area contributed by atoms with E-state index < -0.39 is 22.0 Å². The number of sulfonamides is 1. The predicted molar refractivity (Wildman–Crippen MR) is 74.8 cm³/mol. The molecule has 1 heterocycles. The summed E-state index contributed by atoms with van der Waals surface area (Å²) in [7, 11) is -2.73. The Kier molecular flexibility index (Phi) is 5.91. The Balaban J connectivity index is 3.03. The molecule has 0 fully saturated rings. The van der Waals surface area contributed by atoms with Crippen LogP contribution in [0.25, 0.3) is 0 Å². The smallest absolute Gasteiger partial charge is 0.323 e. The Labute approximate surface area is 123 Å². The van der Waals surface area contributed by atoms with Gasteiger partial charge in [-0.3, -0.25) is 9.78 Å². The van der Waals surface area contributed by atoms with E-state index in [9.17, 15) is 13.2 Å². The number of methoxy groups -OCH3 is 1. The van der Waals surface area contributed by atoms with Crippen molar-refractivity contribution in [1.29, 1.82) is 0 Å². The number of esters is 1. The molecular weight excluding hydrogens is 304 g/mol. The lowest BCUT2D eigenvalue weighted by Gasteiger charge is -2.18. The summed E-state index contributed by atoms with van der Waals surface area (Å²) in [5, 5.41) is 0.0423. The molecule has 8 heteroatoms. The second kappa shape index (κ2) is 7.01.